The molecule has 1 amide bonds. The lowest BCUT2D eigenvalue weighted by Gasteiger charge is -2.18. The predicted octanol–water partition coefficient (Wildman–Crippen LogP) is 4.14. The number of aryl methyl sites for hydroxylation is 1. The van der Waals surface area contributed by atoms with E-state index in [4.69, 9.17) is 0 Å². The first-order valence-electron chi connectivity index (χ1n) is 8.51. The molecule has 126 valence electrons. The summed E-state index contributed by atoms with van der Waals surface area (Å²) in [4.78, 5) is 14.7. The van der Waals surface area contributed by atoms with Gasteiger partial charge in [0.1, 0.15) is 11.6 Å². The van der Waals surface area contributed by atoms with Crippen LogP contribution in [0.25, 0.3) is 6.08 Å². The molecule has 0 atom stereocenters. The van der Waals surface area contributed by atoms with E-state index in [0.717, 1.165) is 24.2 Å². The highest BCUT2D eigenvalue weighted by molar-refractivity contribution is 6.09. The van der Waals surface area contributed by atoms with Crippen LogP contribution in [0.4, 0.5) is 11.4 Å². The summed E-state index contributed by atoms with van der Waals surface area (Å²) in [5.41, 5.74) is 3.93. The Kier molecular flexibility index (Phi) is 5.15. The molecule has 1 heterocycles. The third kappa shape index (κ3) is 4.07. The van der Waals surface area contributed by atoms with Crippen molar-refractivity contribution < 1.29 is 4.79 Å². The largest absolute Gasteiger partial charge is 0.372 e. The molecule has 0 bridgehead atoms. The average molecular weight is 331 g/mol. The second-order valence-electron chi connectivity index (χ2n) is 6.23. The van der Waals surface area contributed by atoms with Crippen LogP contribution in [-0.4, -0.2) is 19.0 Å². The second-order valence-corrected chi connectivity index (χ2v) is 6.23. The van der Waals surface area contributed by atoms with Gasteiger partial charge in [-0.3, -0.25) is 4.79 Å². The molecule has 4 heteroatoms. The molecule has 1 N–H and O–H groups in total. The van der Waals surface area contributed by atoms with E-state index in [0.29, 0.717) is 5.69 Å². The lowest BCUT2D eigenvalue weighted by Crippen LogP contribution is -2.17. The van der Waals surface area contributed by atoms with Crippen LogP contribution in [0, 0.1) is 18.3 Å². The van der Waals surface area contributed by atoms with E-state index < -0.39 is 5.91 Å². The molecule has 1 saturated heterocycles. The lowest BCUT2D eigenvalue weighted by atomic mass is 10.0. The van der Waals surface area contributed by atoms with Crippen molar-refractivity contribution in [1.29, 1.82) is 5.26 Å². The Balaban J connectivity index is 1.79. The predicted molar refractivity (Wildman–Crippen MR) is 101 cm³/mol. The number of nitrogens with one attached hydrogen (secondary N) is 1. The molecule has 0 unspecified atom stereocenters. The van der Waals surface area contributed by atoms with Crippen molar-refractivity contribution >= 4 is 23.4 Å². The van der Waals surface area contributed by atoms with E-state index in [2.05, 4.69) is 22.3 Å². The van der Waals surface area contributed by atoms with Gasteiger partial charge in [0, 0.05) is 24.5 Å². The summed E-state index contributed by atoms with van der Waals surface area (Å²) < 4.78 is 0. The van der Waals surface area contributed by atoms with Crippen molar-refractivity contribution in [2.24, 2.45) is 0 Å². The average Bonchev–Trinajstić information content (AvgIpc) is 3.16. The van der Waals surface area contributed by atoms with Crippen LogP contribution in [0.3, 0.4) is 0 Å². The van der Waals surface area contributed by atoms with Crippen LogP contribution in [0.15, 0.2) is 54.1 Å². The maximum atomic E-state index is 12.3. The fourth-order valence-corrected chi connectivity index (χ4v) is 3.02. The zero-order valence-electron chi connectivity index (χ0n) is 14.3. The van der Waals surface area contributed by atoms with Gasteiger partial charge in [0.05, 0.1) is 0 Å². The number of rotatable bonds is 4. The van der Waals surface area contributed by atoms with E-state index in [1.165, 1.54) is 18.5 Å². The van der Waals surface area contributed by atoms with Crippen molar-refractivity contribution in [1.82, 2.24) is 0 Å². The molecule has 0 aliphatic carbocycles. The highest BCUT2D eigenvalue weighted by Crippen LogP contribution is 2.24. The van der Waals surface area contributed by atoms with Crippen molar-refractivity contribution in [2.45, 2.75) is 19.8 Å². The van der Waals surface area contributed by atoms with Gasteiger partial charge >= 0.3 is 0 Å². The molecular weight excluding hydrogens is 310 g/mol. The lowest BCUT2D eigenvalue weighted by molar-refractivity contribution is -0.112. The molecule has 2 aromatic carbocycles. The number of nitriles is 1. The Morgan fingerprint density at radius 1 is 1.16 bits per heavy atom. The molecule has 0 spiro atoms. The molecule has 0 radical (unpaired) electrons. The third-order valence-electron chi connectivity index (χ3n) is 4.42. The SMILES string of the molecule is Cc1cc(N2CCCC2)ccc1/C=C(/C#N)C(=O)Nc1ccccc1. The van der Waals surface area contributed by atoms with E-state index in [-0.39, 0.29) is 5.57 Å². The van der Waals surface area contributed by atoms with Crippen LogP contribution in [0.2, 0.25) is 0 Å². The van der Waals surface area contributed by atoms with Crippen LogP contribution in [-0.2, 0) is 4.79 Å². The summed E-state index contributed by atoms with van der Waals surface area (Å²) in [6.07, 6.45) is 4.12. The number of carbonyl (C=O) groups excluding carboxylic acids is 1. The van der Waals surface area contributed by atoms with Gasteiger partial charge in [-0.15, -0.1) is 0 Å². The van der Waals surface area contributed by atoms with Crippen LogP contribution < -0.4 is 10.2 Å². The molecule has 0 aromatic heterocycles. The van der Waals surface area contributed by atoms with Gasteiger partial charge in [-0.25, -0.2) is 0 Å². The minimum atomic E-state index is -0.392. The maximum Gasteiger partial charge on any atom is 0.266 e. The minimum Gasteiger partial charge on any atom is -0.372 e. The second kappa shape index (κ2) is 7.67. The number of anilines is 2. The number of benzene rings is 2. The summed E-state index contributed by atoms with van der Waals surface area (Å²) >= 11 is 0. The van der Waals surface area contributed by atoms with E-state index in [1.54, 1.807) is 18.2 Å². The van der Waals surface area contributed by atoms with Gasteiger partial charge in [-0.05, 0) is 61.2 Å². The molecule has 1 aliphatic rings. The van der Waals surface area contributed by atoms with Crippen LogP contribution in [0.1, 0.15) is 24.0 Å². The fraction of sp³-hybridized carbons (Fsp3) is 0.238. The van der Waals surface area contributed by atoms with Gasteiger partial charge in [0.2, 0.25) is 0 Å². The van der Waals surface area contributed by atoms with Crippen molar-refractivity contribution in [3.05, 3.63) is 65.2 Å². The highest BCUT2D eigenvalue weighted by Gasteiger charge is 2.14. The molecule has 2 aromatic rings. The summed E-state index contributed by atoms with van der Waals surface area (Å²) in [6.45, 7) is 4.20. The molecule has 0 saturated carbocycles. The quantitative estimate of drug-likeness (QED) is 0.676. The van der Waals surface area contributed by atoms with Gasteiger partial charge < -0.3 is 10.2 Å². The van der Waals surface area contributed by atoms with E-state index in [9.17, 15) is 10.1 Å². The van der Waals surface area contributed by atoms with E-state index in [1.807, 2.05) is 37.3 Å². The van der Waals surface area contributed by atoms with Gasteiger partial charge in [0.15, 0.2) is 0 Å². The summed E-state index contributed by atoms with van der Waals surface area (Å²) in [7, 11) is 0. The zero-order valence-corrected chi connectivity index (χ0v) is 14.3. The van der Waals surface area contributed by atoms with Crippen molar-refractivity contribution in [2.75, 3.05) is 23.3 Å². The molecule has 3 rings (SSSR count). The summed E-state index contributed by atoms with van der Waals surface area (Å²) in [5, 5.41) is 12.1. The zero-order chi connectivity index (χ0) is 17.6. The van der Waals surface area contributed by atoms with Crippen molar-refractivity contribution in [3.8, 4) is 6.07 Å². The number of amides is 1. The first-order valence-corrected chi connectivity index (χ1v) is 8.51. The summed E-state index contributed by atoms with van der Waals surface area (Å²) in [6, 6.07) is 17.3. The molecule has 1 aliphatic heterocycles. The van der Waals surface area contributed by atoms with E-state index >= 15 is 0 Å². The number of hydrogen-bond acceptors (Lipinski definition) is 3. The monoisotopic (exact) mass is 331 g/mol. The first-order chi connectivity index (χ1) is 12.2. The van der Waals surface area contributed by atoms with Gasteiger partial charge in [-0.2, -0.15) is 5.26 Å². The number of carbonyl (C=O) groups is 1. The third-order valence-corrected chi connectivity index (χ3v) is 4.42. The van der Waals surface area contributed by atoms with Crippen molar-refractivity contribution in [3.63, 3.8) is 0 Å². The number of hydrogen-bond donors (Lipinski definition) is 1. The number of para-hydroxylation sites is 1. The first kappa shape index (κ1) is 16.8. The smallest absolute Gasteiger partial charge is 0.266 e. The maximum absolute atomic E-state index is 12.3. The van der Waals surface area contributed by atoms with Crippen LogP contribution in [0.5, 0.6) is 0 Å². The molecule has 4 nitrogen and oxygen atoms in total. The Bertz CT molecular complexity index is 828. The van der Waals surface area contributed by atoms with Crippen LogP contribution >= 0.6 is 0 Å². The number of nitrogens with zero attached hydrogens (tertiary/aromatic N) is 2. The highest BCUT2D eigenvalue weighted by atomic mass is 16.1. The van der Waals surface area contributed by atoms with Gasteiger partial charge in [0.25, 0.3) is 5.91 Å². The standard InChI is InChI=1S/C21H21N3O/c1-16-13-20(24-11-5-6-12-24)10-9-17(16)14-18(15-22)21(25)23-19-7-3-2-4-8-19/h2-4,7-10,13-14H,5-6,11-12H2,1H3,(H,23,25)/b18-14-. The molecule has 1 fully saturated rings. The minimum absolute atomic E-state index is 0.0980. The topological polar surface area (TPSA) is 56.1 Å². The molecular formula is C21H21N3O. The Morgan fingerprint density at radius 2 is 1.88 bits per heavy atom. The Hall–Kier alpha value is -3.06. The Labute approximate surface area is 148 Å². The normalized spacial score (nSPS) is 14.2. The fourth-order valence-electron chi connectivity index (χ4n) is 3.02. The molecule has 25 heavy (non-hydrogen) atoms. The summed E-state index contributed by atoms with van der Waals surface area (Å²) in [5.74, 6) is -0.392. The Morgan fingerprint density at radius 3 is 2.52 bits per heavy atom. The van der Waals surface area contributed by atoms with Gasteiger partial charge in [-0.1, -0.05) is 24.3 Å².